The Morgan fingerprint density at radius 3 is 2.78 bits per heavy atom. The first-order valence-corrected chi connectivity index (χ1v) is 10.1. The molecular formula is C17H23N5O4S. The van der Waals surface area contributed by atoms with Gasteiger partial charge < -0.3 is 15.0 Å². The topological polar surface area (TPSA) is 98.5 Å². The van der Waals surface area contributed by atoms with Crippen LogP contribution in [0.5, 0.6) is 0 Å². The number of nitrogens with zero attached hydrogens (tertiary/aromatic N) is 4. The summed E-state index contributed by atoms with van der Waals surface area (Å²) >= 11 is 1.29. The van der Waals surface area contributed by atoms with Gasteiger partial charge in [-0.3, -0.25) is 18.7 Å². The molecule has 0 aliphatic carbocycles. The van der Waals surface area contributed by atoms with Gasteiger partial charge in [0, 0.05) is 33.3 Å². The largest absolute Gasteiger partial charge is 0.376 e. The van der Waals surface area contributed by atoms with Gasteiger partial charge in [0.2, 0.25) is 5.91 Å². The Bertz CT molecular complexity index is 966. The number of fused-ring (bicyclic) bond motifs is 1. The van der Waals surface area contributed by atoms with E-state index in [1.54, 1.807) is 0 Å². The number of hydrogen-bond acceptors (Lipinski definition) is 7. The lowest BCUT2D eigenvalue weighted by Gasteiger charge is -2.13. The van der Waals surface area contributed by atoms with Crippen molar-refractivity contribution in [1.29, 1.82) is 0 Å². The summed E-state index contributed by atoms with van der Waals surface area (Å²) in [6.07, 6.45) is 4.14. The maximum atomic E-state index is 12.6. The summed E-state index contributed by atoms with van der Waals surface area (Å²) in [4.78, 5) is 44.1. The van der Waals surface area contributed by atoms with Crippen LogP contribution < -0.4 is 21.5 Å². The molecule has 0 aromatic carbocycles. The van der Waals surface area contributed by atoms with Crippen LogP contribution in [-0.2, 0) is 23.1 Å². The third-order valence-corrected chi connectivity index (χ3v) is 6.19. The van der Waals surface area contributed by atoms with Gasteiger partial charge in [0.1, 0.15) is 11.2 Å². The van der Waals surface area contributed by atoms with Crippen LogP contribution in [0.1, 0.15) is 25.7 Å². The second-order valence-electron chi connectivity index (χ2n) is 7.02. The van der Waals surface area contributed by atoms with Gasteiger partial charge in [0.25, 0.3) is 5.56 Å². The first-order valence-electron chi connectivity index (χ1n) is 9.28. The van der Waals surface area contributed by atoms with Gasteiger partial charge in [-0.15, -0.1) is 0 Å². The number of hydrogen-bond donors (Lipinski definition) is 1. The van der Waals surface area contributed by atoms with Crippen LogP contribution in [0.3, 0.4) is 0 Å². The van der Waals surface area contributed by atoms with E-state index < -0.39 is 5.69 Å². The zero-order chi connectivity index (χ0) is 19.0. The SMILES string of the molecule is Cn1c(=O)c2sc(N3CCCC3)nc2n(CC(=O)NC[C@H]2CCCO2)c1=O. The Morgan fingerprint density at radius 2 is 2.07 bits per heavy atom. The fraction of sp³-hybridized carbons (Fsp3) is 0.647. The van der Waals surface area contributed by atoms with Crippen LogP contribution in [0.15, 0.2) is 9.59 Å². The average Bonchev–Trinajstić information content (AvgIpc) is 3.41. The number of aromatic nitrogens is 3. The maximum absolute atomic E-state index is 12.6. The number of carbonyl (C=O) groups is 1. The smallest absolute Gasteiger partial charge is 0.332 e. The molecule has 2 saturated heterocycles. The molecule has 0 saturated carbocycles. The van der Waals surface area contributed by atoms with Crippen molar-refractivity contribution in [2.45, 2.75) is 38.3 Å². The Hall–Kier alpha value is -2.20. The van der Waals surface area contributed by atoms with E-state index in [0.29, 0.717) is 16.9 Å². The number of thiazole rings is 1. The number of rotatable bonds is 5. The third kappa shape index (κ3) is 3.51. The van der Waals surface area contributed by atoms with Crippen LogP contribution in [0.2, 0.25) is 0 Å². The molecule has 2 aromatic heterocycles. The molecule has 0 unspecified atom stereocenters. The number of amides is 1. The zero-order valence-corrected chi connectivity index (χ0v) is 16.1. The highest BCUT2D eigenvalue weighted by atomic mass is 32.1. The molecule has 0 spiro atoms. The Labute approximate surface area is 159 Å². The number of ether oxygens (including phenoxy) is 1. The van der Waals surface area contributed by atoms with Gasteiger partial charge in [-0.25, -0.2) is 9.78 Å². The molecule has 27 heavy (non-hydrogen) atoms. The van der Waals surface area contributed by atoms with E-state index in [1.165, 1.54) is 23.0 Å². The first-order chi connectivity index (χ1) is 13.0. The normalized spacial score (nSPS) is 19.9. The molecule has 2 aliphatic heterocycles. The average molecular weight is 393 g/mol. The van der Waals surface area contributed by atoms with E-state index >= 15 is 0 Å². The summed E-state index contributed by atoms with van der Waals surface area (Å²) in [5.74, 6) is -0.289. The van der Waals surface area contributed by atoms with E-state index in [1.807, 2.05) is 0 Å². The summed E-state index contributed by atoms with van der Waals surface area (Å²) in [5.41, 5.74) is -0.603. The van der Waals surface area contributed by atoms with Crippen molar-refractivity contribution in [3.63, 3.8) is 0 Å². The van der Waals surface area contributed by atoms with E-state index in [2.05, 4.69) is 15.2 Å². The minimum Gasteiger partial charge on any atom is -0.376 e. The minimum absolute atomic E-state index is 0.0341. The van der Waals surface area contributed by atoms with Gasteiger partial charge in [-0.05, 0) is 25.7 Å². The van der Waals surface area contributed by atoms with Crippen LogP contribution in [0.4, 0.5) is 5.13 Å². The second kappa shape index (κ2) is 7.43. The molecule has 1 amide bonds. The van der Waals surface area contributed by atoms with Crippen molar-refractivity contribution in [1.82, 2.24) is 19.4 Å². The van der Waals surface area contributed by atoms with Crippen LogP contribution in [0.25, 0.3) is 10.3 Å². The lowest BCUT2D eigenvalue weighted by molar-refractivity contribution is -0.122. The maximum Gasteiger partial charge on any atom is 0.332 e. The van der Waals surface area contributed by atoms with Crippen molar-refractivity contribution in [2.24, 2.45) is 7.05 Å². The molecule has 2 fully saturated rings. The van der Waals surface area contributed by atoms with Gasteiger partial charge in [0.15, 0.2) is 10.8 Å². The Kier molecular flexibility index (Phi) is 5.00. The van der Waals surface area contributed by atoms with Crippen molar-refractivity contribution >= 4 is 32.7 Å². The van der Waals surface area contributed by atoms with Crippen molar-refractivity contribution in [2.75, 3.05) is 31.1 Å². The standard InChI is InChI=1S/C17H23N5O4S/c1-20-15(24)13-14(19-16(27-13)21-6-2-3-7-21)22(17(20)25)10-12(23)18-9-11-5-4-8-26-11/h11H,2-10H2,1H3,(H,18,23)/t11-/m1/s1. The van der Waals surface area contributed by atoms with Crippen LogP contribution in [-0.4, -0.2) is 52.4 Å². The molecule has 9 nitrogen and oxygen atoms in total. The molecule has 1 N–H and O–H groups in total. The minimum atomic E-state index is -0.530. The molecule has 146 valence electrons. The summed E-state index contributed by atoms with van der Waals surface area (Å²) in [7, 11) is 1.43. The monoisotopic (exact) mass is 393 g/mol. The highest BCUT2D eigenvalue weighted by molar-refractivity contribution is 7.22. The van der Waals surface area contributed by atoms with Gasteiger partial charge in [-0.2, -0.15) is 0 Å². The lowest BCUT2D eigenvalue weighted by Crippen LogP contribution is -2.42. The second-order valence-corrected chi connectivity index (χ2v) is 7.99. The highest BCUT2D eigenvalue weighted by Crippen LogP contribution is 2.28. The fourth-order valence-electron chi connectivity index (χ4n) is 3.55. The number of anilines is 1. The molecular weight excluding hydrogens is 370 g/mol. The molecule has 0 radical (unpaired) electrons. The number of carbonyl (C=O) groups excluding carboxylic acids is 1. The molecule has 0 bridgehead atoms. The van der Waals surface area contributed by atoms with Crippen LogP contribution >= 0.6 is 11.3 Å². The van der Waals surface area contributed by atoms with E-state index in [9.17, 15) is 14.4 Å². The molecule has 10 heteroatoms. The van der Waals surface area contributed by atoms with E-state index in [4.69, 9.17) is 4.74 Å². The summed E-state index contributed by atoms with van der Waals surface area (Å²) in [6, 6.07) is 0. The van der Waals surface area contributed by atoms with Gasteiger partial charge in [0.05, 0.1) is 6.10 Å². The Morgan fingerprint density at radius 1 is 1.30 bits per heavy atom. The molecule has 4 heterocycles. The summed E-state index contributed by atoms with van der Waals surface area (Å²) < 4.78 is 8.24. The van der Waals surface area contributed by atoms with Crippen molar-refractivity contribution in [3.05, 3.63) is 20.8 Å². The third-order valence-electron chi connectivity index (χ3n) is 5.10. The summed E-state index contributed by atoms with van der Waals surface area (Å²) in [5, 5.41) is 3.55. The first kappa shape index (κ1) is 18.2. The number of nitrogens with one attached hydrogen (secondary N) is 1. The van der Waals surface area contributed by atoms with Gasteiger partial charge in [-0.1, -0.05) is 11.3 Å². The predicted molar refractivity (Wildman–Crippen MR) is 103 cm³/mol. The van der Waals surface area contributed by atoms with E-state index in [0.717, 1.165) is 55.1 Å². The quantitative estimate of drug-likeness (QED) is 0.771. The zero-order valence-electron chi connectivity index (χ0n) is 15.3. The molecule has 2 aliphatic rings. The highest BCUT2D eigenvalue weighted by Gasteiger charge is 2.22. The van der Waals surface area contributed by atoms with Gasteiger partial charge >= 0.3 is 5.69 Å². The predicted octanol–water partition coefficient (Wildman–Crippen LogP) is 0.0521. The molecule has 2 aromatic rings. The lowest BCUT2D eigenvalue weighted by atomic mass is 10.2. The van der Waals surface area contributed by atoms with Crippen LogP contribution in [0, 0.1) is 0 Å². The molecule has 4 rings (SSSR count). The van der Waals surface area contributed by atoms with Crippen molar-refractivity contribution < 1.29 is 9.53 Å². The molecule has 1 atom stereocenters. The fourth-order valence-corrected chi connectivity index (χ4v) is 4.65. The van der Waals surface area contributed by atoms with E-state index in [-0.39, 0.29) is 24.1 Å². The summed E-state index contributed by atoms with van der Waals surface area (Å²) in [6.45, 7) is 2.77. The Balaban J connectivity index is 1.63. The van der Waals surface area contributed by atoms with Crippen molar-refractivity contribution in [3.8, 4) is 0 Å².